The molecule has 0 radical (unpaired) electrons. The van der Waals surface area contributed by atoms with Crippen molar-refractivity contribution in [2.75, 3.05) is 24.6 Å². The molecule has 0 atom stereocenters. The van der Waals surface area contributed by atoms with Gasteiger partial charge in [-0.15, -0.1) is 0 Å². The molecule has 2 amide bonds. The third kappa shape index (κ3) is 4.76. The molecule has 0 heterocycles. The van der Waals surface area contributed by atoms with Crippen molar-refractivity contribution in [2.24, 2.45) is 0 Å². The predicted octanol–water partition coefficient (Wildman–Crippen LogP) is 2.92. The number of carbonyl (C=O) groups is 1. The van der Waals surface area contributed by atoms with Crippen LogP contribution >= 0.6 is 0 Å². The molecule has 1 rings (SSSR count). The van der Waals surface area contributed by atoms with Gasteiger partial charge in [0.1, 0.15) is 0 Å². The molecule has 1 aromatic carbocycles. The highest BCUT2D eigenvalue weighted by Crippen LogP contribution is 2.12. The molecule has 0 aliphatic rings. The Morgan fingerprint density at radius 3 is 2.82 bits per heavy atom. The third-order valence-electron chi connectivity index (χ3n) is 2.58. The molecule has 0 saturated heterocycles. The van der Waals surface area contributed by atoms with Crippen LogP contribution in [0, 0.1) is 0 Å². The molecule has 4 nitrogen and oxygen atoms in total. The number of unbranched alkanes of at least 4 members (excludes halogenated alkanes) is 2. The maximum atomic E-state index is 11.8. The Labute approximate surface area is 103 Å². The van der Waals surface area contributed by atoms with Gasteiger partial charge in [-0.3, -0.25) is 0 Å². The number of anilines is 2. The van der Waals surface area contributed by atoms with Crippen LogP contribution in [0.3, 0.4) is 0 Å². The van der Waals surface area contributed by atoms with Crippen LogP contribution in [0.2, 0.25) is 0 Å². The fourth-order valence-corrected chi connectivity index (χ4v) is 1.54. The lowest BCUT2D eigenvalue weighted by molar-refractivity contribution is 0.221. The summed E-state index contributed by atoms with van der Waals surface area (Å²) in [6.45, 7) is 2.93. The van der Waals surface area contributed by atoms with Gasteiger partial charge in [0, 0.05) is 25.0 Å². The highest BCUT2D eigenvalue weighted by molar-refractivity contribution is 5.89. The average Bonchev–Trinajstić information content (AvgIpc) is 2.29. The number of benzene rings is 1. The van der Waals surface area contributed by atoms with Crippen molar-refractivity contribution in [2.45, 2.75) is 26.2 Å². The highest BCUT2D eigenvalue weighted by atomic mass is 16.2. The second-order valence-electron chi connectivity index (χ2n) is 4.18. The second-order valence-corrected chi connectivity index (χ2v) is 4.18. The van der Waals surface area contributed by atoms with E-state index in [-0.39, 0.29) is 6.03 Å². The van der Waals surface area contributed by atoms with Crippen molar-refractivity contribution in [3.8, 4) is 0 Å². The summed E-state index contributed by atoms with van der Waals surface area (Å²) in [5.41, 5.74) is 7.03. The van der Waals surface area contributed by atoms with Crippen LogP contribution < -0.4 is 11.1 Å². The first kappa shape index (κ1) is 13.4. The van der Waals surface area contributed by atoms with E-state index in [0.717, 1.165) is 31.5 Å². The Bertz CT molecular complexity index is 365. The summed E-state index contributed by atoms with van der Waals surface area (Å²) in [5, 5.41) is 2.82. The first-order valence-electron chi connectivity index (χ1n) is 6.01. The summed E-state index contributed by atoms with van der Waals surface area (Å²) in [6.07, 6.45) is 3.35. The van der Waals surface area contributed by atoms with Gasteiger partial charge in [-0.1, -0.05) is 25.8 Å². The van der Waals surface area contributed by atoms with Crippen molar-refractivity contribution in [1.82, 2.24) is 4.90 Å². The van der Waals surface area contributed by atoms with Crippen molar-refractivity contribution in [3.05, 3.63) is 24.3 Å². The molecule has 17 heavy (non-hydrogen) atoms. The van der Waals surface area contributed by atoms with Gasteiger partial charge in [0.05, 0.1) is 0 Å². The lowest BCUT2D eigenvalue weighted by atomic mass is 10.2. The number of amides is 2. The van der Waals surface area contributed by atoms with E-state index in [1.54, 1.807) is 24.1 Å². The first-order chi connectivity index (χ1) is 8.13. The molecule has 0 aromatic heterocycles. The molecule has 1 aromatic rings. The van der Waals surface area contributed by atoms with E-state index in [2.05, 4.69) is 12.2 Å². The Hall–Kier alpha value is -1.71. The molecule has 0 spiro atoms. The van der Waals surface area contributed by atoms with Gasteiger partial charge < -0.3 is 16.0 Å². The van der Waals surface area contributed by atoms with Gasteiger partial charge in [-0.2, -0.15) is 0 Å². The molecule has 0 fully saturated rings. The minimum atomic E-state index is -0.0910. The number of carbonyl (C=O) groups excluding carboxylic acids is 1. The fourth-order valence-electron chi connectivity index (χ4n) is 1.54. The zero-order valence-corrected chi connectivity index (χ0v) is 10.6. The van der Waals surface area contributed by atoms with E-state index in [1.807, 2.05) is 12.1 Å². The maximum Gasteiger partial charge on any atom is 0.321 e. The largest absolute Gasteiger partial charge is 0.399 e. The Balaban J connectivity index is 2.43. The van der Waals surface area contributed by atoms with Crippen LogP contribution in [0.25, 0.3) is 0 Å². The SMILES string of the molecule is CCCCCN(C)C(=O)Nc1cccc(N)c1. The second kappa shape index (κ2) is 6.78. The van der Waals surface area contributed by atoms with Crippen LogP contribution in [0.5, 0.6) is 0 Å². The lowest BCUT2D eigenvalue weighted by Crippen LogP contribution is -2.32. The first-order valence-corrected chi connectivity index (χ1v) is 6.01. The number of nitrogens with two attached hydrogens (primary N) is 1. The standard InChI is InChI=1S/C13H21N3O/c1-3-4-5-9-16(2)13(17)15-12-8-6-7-11(14)10-12/h6-8,10H,3-5,9,14H2,1-2H3,(H,15,17). The van der Waals surface area contributed by atoms with E-state index in [0.29, 0.717) is 5.69 Å². The van der Waals surface area contributed by atoms with Gasteiger partial charge in [0.2, 0.25) is 0 Å². The molecule has 0 saturated carbocycles. The van der Waals surface area contributed by atoms with Gasteiger partial charge in [0.15, 0.2) is 0 Å². The number of hydrogen-bond donors (Lipinski definition) is 2. The van der Waals surface area contributed by atoms with Crippen LogP contribution in [0.1, 0.15) is 26.2 Å². The lowest BCUT2D eigenvalue weighted by Gasteiger charge is -2.17. The molecule has 4 heteroatoms. The van der Waals surface area contributed by atoms with Crippen LogP contribution in [0.4, 0.5) is 16.2 Å². The Morgan fingerprint density at radius 2 is 2.18 bits per heavy atom. The minimum absolute atomic E-state index is 0.0910. The molecular weight excluding hydrogens is 214 g/mol. The fraction of sp³-hybridized carbons (Fsp3) is 0.462. The highest BCUT2D eigenvalue weighted by Gasteiger charge is 2.07. The number of nitrogen functional groups attached to an aromatic ring is 1. The molecule has 3 N–H and O–H groups in total. The molecule has 94 valence electrons. The summed E-state index contributed by atoms with van der Waals surface area (Å²) in [5.74, 6) is 0. The van der Waals surface area contributed by atoms with E-state index >= 15 is 0 Å². The maximum absolute atomic E-state index is 11.8. The van der Waals surface area contributed by atoms with Crippen LogP contribution in [-0.2, 0) is 0 Å². The summed E-state index contributed by atoms with van der Waals surface area (Å²) in [7, 11) is 1.80. The van der Waals surface area contributed by atoms with Crippen LogP contribution in [0.15, 0.2) is 24.3 Å². The number of nitrogens with one attached hydrogen (secondary N) is 1. The topological polar surface area (TPSA) is 58.4 Å². The van der Waals surface area contributed by atoms with Gasteiger partial charge in [-0.25, -0.2) is 4.79 Å². The van der Waals surface area contributed by atoms with E-state index < -0.39 is 0 Å². The summed E-state index contributed by atoms with van der Waals surface area (Å²) < 4.78 is 0. The van der Waals surface area contributed by atoms with Crippen molar-refractivity contribution < 1.29 is 4.79 Å². The summed E-state index contributed by atoms with van der Waals surface area (Å²) in [4.78, 5) is 13.5. The number of hydrogen-bond acceptors (Lipinski definition) is 2. The predicted molar refractivity (Wildman–Crippen MR) is 72.0 cm³/mol. The smallest absolute Gasteiger partial charge is 0.321 e. The van der Waals surface area contributed by atoms with Crippen molar-refractivity contribution in [3.63, 3.8) is 0 Å². The van der Waals surface area contributed by atoms with Crippen LogP contribution in [-0.4, -0.2) is 24.5 Å². The summed E-state index contributed by atoms with van der Waals surface area (Å²) in [6, 6.07) is 7.10. The quantitative estimate of drug-likeness (QED) is 0.609. The van der Waals surface area contributed by atoms with Crippen molar-refractivity contribution >= 4 is 17.4 Å². The van der Waals surface area contributed by atoms with Gasteiger partial charge in [-0.05, 0) is 24.6 Å². The monoisotopic (exact) mass is 235 g/mol. The number of nitrogens with zero attached hydrogens (tertiary/aromatic N) is 1. The Morgan fingerprint density at radius 1 is 1.41 bits per heavy atom. The molecule has 0 aliphatic carbocycles. The zero-order valence-electron chi connectivity index (χ0n) is 10.6. The average molecular weight is 235 g/mol. The number of urea groups is 1. The number of rotatable bonds is 5. The van der Waals surface area contributed by atoms with Crippen molar-refractivity contribution in [1.29, 1.82) is 0 Å². The van der Waals surface area contributed by atoms with Gasteiger partial charge in [0.25, 0.3) is 0 Å². The third-order valence-corrected chi connectivity index (χ3v) is 2.58. The minimum Gasteiger partial charge on any atom is -0.399 e. The zero-order chi connectivity index (χ0) is 12.7. The Kier molecular flexibility index (Phi) is 5.33. The molecule has 0 bridgehead atoms. The molecular formula is C13H21N3O. The summed E-state index contributed by atoms with van der Waals surface area (Å²) >= 11 is 0. The van der Waals surface area contributed by atoms with E-state index in [1.165, 1.54) is 0 Å². The normalized spacial score (nSPS) is 10.0. The molecule has 0 unspecified atom stereocenters. The van der Waals surface area contributed by atoms with E-state index in [4.69, 9.17) is 5.73 Å². The van der Waals surface area contributed by atoms with Gasteiger partial charge >= 0.3 is 6.03 Å². The van der Waals surface area contributed by atoms with E-state index in [9.17, 15) is 4.79 Å². The molecule has 0 aliphatic heterocycles.